The van der Waals surface area contributed by atoms with Crippen molar-refractivity contribution in [1.29, 1.82) is 0 Å². The van der Waals surface area contributed by atoms with Gasteiger partial charge in [0.2, 0.25) is 5.91 Å². The van der Waals surface area contributed by atoms with Gasteiger partial charge in [0.05, 0.1) is 19.2 Å². The molecule has 0 spiro atoms. The molecule has 33 heavy (non-hydrogen) atoms. The molecule has 2 aromatic carbocycles. The molecule has 0 aliphatic carbocycles. The fourth-order valence-electron chi connectivity index (χ4n) is 4.53. The highest BCUT2D eigenvalue weighted by Crippen LogP contribution is 2.32. The van der Waals surface area contributed by atoms with Gasteiger partial charge in [0.1, 0.15) is 11.6 Å². The minimum atomic E-state index is -1.27. The molecule has 3 N–H and O–H groups in total. The second-order valence-corrected chi connectivity index (χ2v) is 8.43. The Morgan fingerprint density at radius 3 is 2.48 bits per heavy atom. The van der Waals surface area contributed by atoms with E-state index in [1.54, 1.807) is 41.2 Å². The third-order valence-electron chi connectivity index (χ3n) is 6.15. The summed E-state index contributed by atoms with van der Waals surface area (Å²) in [5.41, 5.74) is 6.54. The zero-order valence-corrected chi connectivity index (χ0v) is 18.1. The van der Waals surface area contributed by atoms with Crippen LogP contribution < -0.4 is 15.8 Å². The number of benzene rings is 2. The summed E-state index contributed by atoms with van der Waals surface area (Å²) in [5.74, 6) is -2.89. The van der Waals surface area contributed by atoms with E-state index in [9.17, 15) is 22.8 Å². The van der Waals surface area contributed by atoms with Crippen molar-refractivity contribution in [2.75, 3.05) is 25.5 Å². The molecule has 3 atom stereocenters. The van der Waals surface area contributed by atoms with Crippen LogP contribution in [0.15, 0.2) is 36.4 Å². The Kier molecular flexibility index (Phi) is 6.46. The van der Waals surface area contributed by atoms with Gasteiger partial charge >= 0.3 is 6.03 Å². The molecule has 2 fully saturated rings. The lowest BCUT2D eigenvalue weighted by atomic mass is 10.0. The molecule has 2 heterocycles. The number of nitrogens with one attached hydrogen (secondary N) is 1. The average Bonchev–Trinajstić information content (AvgIpc) is 3.39. The highest BCUT2D eigenvalue weighted by molar-refractivity contribution is 5.90. The number of methoxy groups -OCH3 is 1. The van der Waals surface area contributed by atoms with Crippen LogP contribution in [-0.2, 0) is 11.2 Å². The molecule has 0 radical (unpaired) electrons. The summed E-state index contributed by atoms with van der Waals surface area (Å²) in [4.78, 5) is 28.9. The van der Waals surface area contributed by atoms with E-state index in [2.05, 4.69) is 5.32 Å². The Morgan fingerprint density at radius 2 is 1.79 bits per heavy atom. The molecule has 176 valence electrons. The van der Waals surface area contributed by atoms with Gasteiger partial charge in [-0.2, -0.15) is 0 Å². The molecule has 10 heteroatoms. The van der Waals surface area contributed by atoms with E-state index in [-0.39, 0.29) is 42.4 Å². The number of ether oxygens (including phenoxy) is 1. The van der Waals surface area contributed by atoms with E-state index in [4.69, 9.17) is 10.5 Å². The SMILES string of the molecule is COc1cccc(NC(=O)N2C[C@@H]3C[C@@H]2CN3C(=O)C[C@H](N)Cc2cc(F)c(F)cc2F)c1. The van der Waals surface area contributed by atoms with Gasteiger partial charge in [0.15, 0.2) is 11.6 Å². The highest BCUT2D eigenvalue weighted by atomic mass is 19.2. The van der Waals surface area contributed by atoms with Crippen LogP contribution >= 0.6 is 0 Å². The van der Waals surface area contributed by atoms with Crippen LogP contribution in [-0.4, -0.2) is 60.1 Å². The lowest BCUT2D eigenvalue weighted by Crippen LogP contribution is -2.52. The van der Waals surface area contributed by atoms with Crippen molar-refractivity contribution in [3.63, 3.8) is 0 Å². The number of hydrogen-bond acceptors (Lipinski definition) is 4. The fraction of sp³-hybridized carbons (Fsp3) is 0.391. The van der Waals surface area contributed by atoms with Crippen molar-refractivity contribution in [1.82, 2.24) is 9.80 Å². The highest BCUT2D eigenvalue weighted by Gasteiger charge is 2.47. The first-order chi connectivity index (χ1) is 15.7. The summed E-state index contributed by atoms with van der Waals surface area (Å²) >= 11 is 0. The number of urea groups is 1. The number of halogens is 3. The predicted octanol–water partition coefficient (Wildman–Crippen LogP) is 2.89. The third-order valence-corrected chi connectivity index (χ3v) is 6.15. The summed E-state index contributed by atoms with van der Waals surface area (Å²) in [6.07, 6.45) is 0.522. The van der Waals surface area contributed by atoms with Gasteiger partial charge < -0.3 is 25.6 Å². The molecular weight excluding hydrogens is 437 g/mol. The number of likely N-dealkylation sites (tertiary alicyclic amines) is 2. The quantitative estimate of drug-likeness (QED) is 0.647. The Balaban J connectivity index is 1.30. The minimum Gasteiger partial charge on any atom is -0.497 e. The Labute approximate surface area is 189 Å². The molecular formula is C23H25F3N4O3. The first kappa shape index (κ1) is 22.9. The normalized spacial score (nSPS) is 20.2. The lowest BCUT2D eigenvalue weighted by Gasteiger charge is -2.34. The zero-order valence-electron chi connectivity index (χ0n) is 18.1. The van der Waals surface area contributed by atoms with Gasteiger partial charge in [-0.1, -0.05) is 6.07 Å². The monoisotopic (exact) mass is 462 g/mol. The number of hydrogen-bond donors (Lipinski definition) is 2. The van der Waals surface area contributed by atoms with Crippen molar-refractivity contribution < 1.29 is 27.5 Å². The van der Waals surface area contributed by atoms with Gasteiger partial charge in [0, 0.05) is 43.4 Å². The summed E-state index contributed by atoms with van der Waals surface area (Å²) in [6.45, 7) is 0.792. The number of amides is 3. The number of nitrogens with zero attached hydrogens (tertiary/aromatic N) is 2. The maximum absolute atomic E-state index is 13.9. The largest absolute Gasteiger partial charge is 0.497 e. The van der Waals surface area contributed by atoms with E-state index >= 15 is 0 Å². The molecule has 0 saturated carbocycles. The van der Waals surface area contributed by atoms with Crippen molar-refractivity contribution in [3.05, 3.63) is 59.4 Å². The van der Waals surface area contributed by atoms with Crippen molar-refractivity contribution >= 4 is 17.6 Å². The minimum absolute atomic E-state index is 0.0579. The van der Waals surface area contributed by atoms with Crippen molar-refractivity contribution in [3.8, 4) is 5.75 Å². The Hall–Kier alpha value is -3.27. The number of carbonyl (C=O) groups excluding carboxylic acids is 2. The number of fused-ring (bicyclic) bond motifs is 2. The van der Waals surface area contributed by atoms with E-state index in [0.717, 1.165) is 6.07 Å². The van der Waals surface area contributed by atoms with E-state index < -0.39 is 23.5 Å². The van der Waals surface area contributed by atoms with Crippen LogP contribution in [0.2, 0.25) is 0 Å². The van der Waals surface area contributed by atoms with E-state index in [1.807, 2.05) is 0 Å². The van der Waals surface area contributed by atoms with Gasteiger partial charge in [-0.05, 0) is 36.6 Å². The first-order valence-electron chi connectivity index (χ1n) is 10.6. The maximum Gasteiger partial charge on any atom is 0.322 e. The average molecular weight is 462 g/mol. The molecule has 2 aliphatic rings. The van der Waals surface area contributed by atoms with Crippen LogP contribution in [0.3, 0.4) is 0 Å². The third kappa shape index (κ3) is 4.90. The summed E-state index contributed by atoms with van der Waals surface area (Å²) in [7, 11) is 1.55. The van der Waals surface area contributed by atoms with Crippen LogP contribution in [0.4, 0.5) is 23.7 Å². The van der Waals surface area contributed by atoms with Crippen LogP contribution in [0.1, 0.15) is 18.4 Å². The molecule has 2 bridgehead atoms. The van der Waals surface area contributed by atoms with Gasteiger partial charge in [-0.3, -0.25) is 4.79 Å². The van der Waals surface area contributed by atoms with E-state index in [1.165, 1.54) is 0 Å². The number of carbonyl (C=O) groups is 2. The van der Waals surface area contributed by atoms with Crippen molar-refractivity contribution in [2.24, 2.45) is 5.73 Å². The van der Waals surface area contributed by atoms with Gasteiger partial charge in [-0.25, -0.2) is 18.0 Å². The Bertz CT molecular complexity index is 1070. The molecule has 2 saturated heterocycles. The second kappa shape index (κ2) is 9.30. The zero-order chi connectivity index (χ0) is 23.7. The predicted molar refractivity (Wildman–Crippen MR) is 115 cm³/mol. The maximum atomic E-state index is 13.9. The number of rotatable bonds is 6. The topological polar surface area (TPSA) is 87.9 Å². The summed E-state index contributed by atoms with van der Waals surface area (Å²) < 4.78 is 45.5. The van der Waals surface area contributed by atoms with Crippen LogP contribution in [0.5, 0.6) is 5.75 Å². The molecule has 0 aromatic heterocycles. The molecule has 2 aromatic rings. The fourth-order valence-corrected chi connectivity index (χ4v) is 4.53. The number of piperazine rings is 1. The van der Waals surface area contributed by atoms with E-state index in [0.29, 0.717) is 37.0 Å². The second-order valence-electron chi connectivity index (χ2n) is 8.43. The number of anilines is 1. The lowest BCUT2D eigenvalue weighted by molar-refractivity contribution is -0.133. The summed E-state index contributed by atoms with van der Waals surface area (Å²) in [6, 6.07) is 7.08. The van der Waals surface area contributed by atoms with Crippen LogP contribution in [0, 0.1) is 17.5 Å². The number of nitrogens with two attached hydrogens (primary N) is 1. The molecule has 4 rings (SSSR count). The van der Waals surface area contributed by atoms with Gasteiger partial charge in [-0.15, -0.1) is 0 Å². The smallest absolute Gasteiger partial charge is 0.322 e. The first-order valence-corrected chi connectivity index (χ1v) is 10.6. The summed E-state index contributed by atoms with van der Waals surface area (Å²) in [5, 5.41) is 2.85. The molecule has 0 unspecified atom stereocenters. The molecule has 7 nitrogen and oxygen atoms in total. The van der Waals surface area contributed by atoms with Gasteiger partial charge in [0.25, 0.3) is 0 Å². The Morgan fingerprint density at radius 1 is 1.09 bits per heavy atom. The molecule has 2 aliphatic heterocycles. The molecule has 3 amide bonds. The standard InChI is InChI=1S/C23H25F3N4O3/c1-33-18-4-2-3-15(8-18)28-23(32)30-12-16-9-17(30)11-29(16)22(31)7-14(27)5-13-6-20(25)21(26)10-19(13)24/h2-4,6,8,10,14,16-17H,5,7,9,11-12,27H2,1H3,(H,28,32)/t14-,16+,17-/m1/s1. The van der Waals surface area contributed by atoms with Crippen LogP contribution in [0.25, 0.3) is 0 Å². The van der Waals surface area contributed by atoms with Crippen molar-refractivity contribution in [2.45, 2.75) is 37.4 Å².